The normalized spacial score (nSPS) is 28.5. The number of nitrogens with two attached hydrogens (primary N) is 1. The molecule has 0 spiro atoms. The van der Waals surface area contributed by atoms with Crippen LogP contribution in [-0.4, -0.2) is 85.9 Å². The van der Waals surface area contributed by atoms with Gasteiger partial charge in [0.2, 0.25) is 5.78 Å². The number of carbonyl (C=O) groups excluding carboxylic acids is 3. The number of morpholine rings is 1. The molecule has 0 unspecified atom stereocenters. The highest BCUT2D eigenvalue weighted by Gasteiger charge is 2.64. The second-order valence-corrected chi connectivity index (χ2v) is 11.4. The van der Waals surface area contributed by atoms with Gasteiger partial charge < -0.3 is 35.4 Å². The number of fused-ring (bicyclic) bond motifs is 3. The third kappa shape index (κ3) is 3.85. The number of aliphatic hydroxyl groups is 3. The van der Waals surface area contributed by atoms with Gasteiger partial charge in [-0.2, -0.15) is 0 Å². The molecule has 1 amide bonds. The number of ether oxygens (including phenoxy) is 1. The number of primary amides is 1. The predicted molar refractivity (Wildman–Crippen MR) is 143 cm³/mol. The Kier molecular flexibility index (Phi) is 6.32. The predicted octanol–water partition coefficient (Wildman–Crippen LogP) is 1.51. The number of hydrogen-bond acceptors (Lipinski definition) is 11. The molecule has 6 rings (SSSR count). The number of carbonyl (C=O) groups is 3. The maximum Gasteiger partial charge on any atom is 0.255 e. The molecule has 4 aliphatic rings. The molecule has 12 nitrogen and oxygen atoms in total. The Morgan fingerprint density at radius 1 is 1.17 bits per heavy atom. The molecule has 12 heteroatoms. The number of amides is 1. The number of rotatable bonds is 4. The van der Waals surface area contributed by atoms with E-state index >= 15 is 0 Å². The number of hydrogen-bond donors (Lipinski definition) is 5. The van der Waals surface area contributed by atoms with Gasteiger partial charge in [-0.1, -0.05) is 19.0 Å². The highest BCUT2D eigenvalue weighted by atomic mass is 16.5. The lowest BCUT2D eigenvalue weighted by Crippen LogP contribution is -2.67. The molecular weight excluding hydrogens is 534 g/mol. The number of phenols is 1. The lowest BCUT2D eigenvalue weighted by molar-refractivity contribution is -0.157. The molecule has 0 radical (unpaired) electrons. The van der Waals surface area contributed by atoms with Gasteiger partial charge >= 0.3 is 0 Å². The number of benzene rings is 1. The Morgan fingerprint density at radius 2 is 1.88 bits per heavy atom. The van der Waals surface area contributed by atoms with Crippen molar-refractivity contribution in [3.8, 4) is 17.1 Å². The first kappa shape index (κ1) is 27.2. The highest BCUT2D eigenvalue weighted by Crippen LogP contribution is 2.54. The van der Waals surface area contributed by atoms with E-state index < -0.39 is 58.0 Å². The van der Waals surface area contributed by atoms with Crippen LogP contribution in [-0.2, 0) is 25.5 Å². The Labute approximate surface area is 234 Å². The summed E-state index contributed by atoms with van der Waals surface area (Å²) >= 11 is 0. The zero-order chi connectivity index (χ0) is 29.4. The molecule has 2 aromatic rings. The fraction of sp³-hybridized carbons (Fsp3) is 0.448. The van der Waals surface area contributed by atoms with Crippen LogP contribution in [0.2, 0.25) is 0 Å². The minimum absolute atomic E-state index is 0.00172. The third-order valence-corrected chi connectivity index (χ3v) is 8.87. The summed E-state index contributed by atoms with van der Waals surface area (Å²) < 4.78 is 11.0. The summed E-state index contributed by atoms with van der Waals surface area (Å²) in [5.74, 6) is -6.35. The van der Waals surface area contributed by atoms with E-state index in [1.807, 2.05) is 13.8 Å². The molecule has 3 aliphatic carbocycles. The molecule has 4 atom stereocenters. The molecule has 6 N–H and O–H groups in total. The van der Waals surface area contributed by atoms with E-state index in [-0.39, 0.29) is 35.6 Å². The number of nitrogens with zero attached hydrogens (tertiary/aromatic N) is 2. The monoisotopic (exact) mass is 565 g/mol. The molecule has 0 bridgehead atoms. The molecule has 1 saturated carbocycles. The second kappa shape index (κ2) is 9.54. The molecule has 41 heavy (non-hydrogen) atoms. The van der Waals surface area contributed by atoms with Gasteiger partial charge in [0.1, 0.15) is 22.8 Å². The zero-order valence-corrected chi connectivity index (χ0v) is 22.6. The average Bonchev–Trinajstić information content (AvgIpc) is 3.42. The van der Waals surface area contributed by atoms with Crippen LogP contribution in [0.15, 0.2) is 39.6 Å². The first-order valence-corrected chi connectivity index (χ1v) is 13.6. The van der Waals surface area contributed by atoms with Crippen molar-refractivity contribution in [3.63, 3.8) is 0 Å². The zero-order valence-electron chi connectivity index (χ0n) is 22.6. The quantitative estimate of drug-likeness (QED) is 0.337. The Morgan fingerprint density at radius 3 is 2.51 bits per heavy atom. The summed E-state index contributed by atoms with van der Waals surface area (Å²) in [6.45, 7) is 5.12. The van der Waals surface area contributed by atoms with E-state index in [0.717, 1.165) is 5.69 Å². The van der Waals surface area contributed by atoms with Gasteiger partial charge in [-0.25, -0.2) is 0 Å². The molecule has 1 aromatic heterocycles. The van der Waals surface area contributed by atoms with Gasteiger partial charge in [0.25, 0.3) is 5.91 Å². The fourth-order valence-corrected chi connectivity index (χ4v) is 6.84. The van der Waals surface area contributed by atoms with Crippen LogP contribution < -0.4 is 5.73 Å². The second-order valence-electron chi connectivity index (χ2n) is 11.4. The standard InChI is InChI=1S/C29H31N3O9/c1-12(2)17-11-19(41-31-17)14-3-4-18(33)21-15(14)9-13-10-16-23(32-5-7-40-8-6-32)25(35)22(28(30)38)27(37)29(16,39)26(36)20(13)24(21)34/h3-4,11-13,16,23,33-34,37,39H,5-10H2,1-2H3,(H2,30,38)/t13-,16-,23+,29-/m0/s1. The van der Waals surface area contributed by atoms with Crippen LogP contribution in [0.4, 0.5) is 0 Å². The summed E-state index contributed by atoms with van der Waals surface area (Å²) in [6, 6.07) is 3.65. The van der Waals surface area contributed by atoms with Crippen LogP contribution in [0, 0.1) is 11.8 Å². The van der Waals surface area contributed by atoms with Gasteiger partial charge in [-0.05, 0) is 42.4 Å². The van der Waals surface area contributed by atoms with Crippen molar-refractivity contribution in [3.05, 3.63) is 51.9 Å². The first-order valence-electron chi connectivity index (χ1n) is 13.6. The van der Waals surface area contributed by atoms with Gasteiger partial charge in [0.05, 0.1) is 30.5 Å². The number of aromatic hydroxyl groups is 1. The summed E-state index contributed by atoms with van der Waals surface area (Å²) in [5.41, 5.74) is 3.53. The molecule has 1 aromatic carbocycles. The summed E-state index contributed by atoms with van der Waals surface area (Å²) in [7, 11) is 0. The molecular formula is C29H31N3O9. The maximum atomic E-state index is 14.1. The molecule has 2 fully saturated rings. The summed E-state index contributed by atoms with van der Waals surface area (Å²) in [4.78, 5) is 41.8. The summed E-state index contributed by atoms with van der Waals surface area (Å²) in [5, 5.41) is 49.4. The van der Waals surface area contributed by atoms with Crippen molar-refractivity contribution in [1.82, 2.24) is 10.1 Å². The van der Waals surface area contributed by atoms with Crippen LogP contribution in [0.3, 0.4) is 0 Å². The molecule has 1 aliphatic heterocycles. The van der Waals surface area contributed by atoms with E-state index in [1.54, 1.807) is 17.0 Å². The topological polar surface area (TPSA) is 197 Å². The van der Waals surface area contributed by atoms with Crippen LogP contribution in [0.25, 0.3) is 17.1 Å². The number of ketones is 2. The minimum Gasteiger partial charge on any atom is -0.508 e. The van der Waals surface area contributed by atoms with E-state index in [0.29, 0.717) is 43.2 Å². The lowest BCUT2D eigenvalue weighted by Gasteiger charge is -2.51. The molecule has 216 valence electrons. The third-order valence-electron chi connectivity index (χ3n) is 8.87. The first-order chi connectivity index (χ1) is 19.5. The average molecular weight is 566 g/mol. The lowest BCUT2D eigenvalue weighted by atomic mass is 9.57. The maximum absolute atomic E-state index is 14.1. The number of Topliss-reactive ketones (excluding diaryl/α,β-unsaturated/α-hetero) is 2. The van der Waals surface area contributed by atoms with Crippen molar-refractivity contribution < 1.29 is 44.1 Å². The van der Waals surface area contributed by atoms with Gasteiger partial charge in [-0.15, -0.1) is 0 Å². The van der Waals surface area contributed by atoms with E-state index in [9.17, 15) is 34.8 Å². The number of aromatic nitrogens is 1. The van der Waals surface area contributed by atoms with Crippen molar-refractivity contribution in [1.29, 1.82) is 0 Å². The summed E-state index contributed by atoms with van der Waals surface area (Å²) in [6.07, 6.45) is 0.166. The number of phenolic OH excluding ortho intramolecular Hbond substituents is 1. The van der Waals surface area contributed by atoms with Crippen LogP contribution >= 0.6 is 0 Å². The SMILES string of the molecule is CC(C)c1cc(-c2ccc(O)c3c2C[C@H]2C[C@H]4[C@@H](N5CCOCC5)C(=O)C(C(N)=O)=C(O)[C@@]4(O)C(=O)C2=C3O)on1. The Balaban J connectivity index is 1.52. The van der Waals surface area contributed by atoms with Crippen LogP contribution in [0.5, 0.6) is 5.75 Å². The van der Waals surface area contributed by atoms with Crippen LogP contribution in [0.1, 0.15) is 43.0 Å². The fourth-order valence-electron chi connectivity index (χ4n) is 6.84. The Hall–Kier alpha value is -4.00. The van der Waals surface area contributed by atoms with Crippen molar-refractivity contribution >= 4 is 23.2 Å². The highest BCUT2D eigenvalue weighted by molar-refractivity contribution is 6.24. The number of aliphatic hydroxyl groups excluding tert-OH is 2. The largest absolute Gasteiger partial charge is 0.508 e. The van der Waals surface area contributed by atoms with E-state index in [4.69, 9.17) is 15.0 Å². The van der Waals surface area contributed by atoms with Crippen molar-refractivity contribution in [2.75, 3.05) is 26.3 Å². The smallest absolute Gasteiger partial charge is 0.255 e. The van der Waals surface area contributed by atoms with Gasteiger partial charge in [0.15, 0.2) is 17.1 Å². The van der Waals surface area contributed by atoms with E-state index in [1.165, 1.54) is 6.07 Å². The molecule has 1 saturated heterocycles. The minimum atomic E-state index is -2.69. The molecule has 2 heterocycles. The van der Waals surface area contributed by atoms with E-state index in [2.05, 4.69) is 5.16 Å². The van der Waals surface area contributed by atoms with Crippen molar-refractivity contribution in [2.45, 2.75) is 44.2 Å². The van der Waals surface area contributed by atoms with Gasteiger partial charge in [0, 0.05) is 36.2 Å². The Bertz CT molecular complexity index is 1550. The van der Waals surface area contributed by atoms with Gasteiger partial charge in [-0.3, -0.25) is 19.3 Å². The van der Waals surface area contributed by atoms with Crippen molar-refractivity contribution in [2.24, 2.45) is 17.6 Å².